The minimum absolute atomic E-state index is 0.189. The van der Waals surface area contributed by atoms with E-state index in [2.05, 4.69) is 24.3 Å². The lowest BCUT2D eigenvalue weighted by Crippen LogP contribution is -2.41. The van der Waals surface area contributed by atoms with Crippen molar-refractivity contribution >= 4 is 6.09 Å². The molecule has 1 aromatic heterocycles. The number of carbonyl (C=O) groups is 1. The lowest BCUT2D eigenvalue weighted by atomic mass is 10.2. The van der Waals surface area contributed by atoms with Crippen molar-refractivity contribution in [1.82, 2.24) is 20.0 Å². The van der Waals surface area contributed by atoms with Crippen LogP contribution in [0.5, 0.6) is 0 Å². The number of aromatic nitrogens is 2. The van der Waals surface area contributed by atoms with Crippen molar-refractivity contribution in [1.29, 1.82) is 0 Å². The van der Waals surface area contributed by atoms with Crippen LogP contribution in [-0.4, -0.2) is 46.0 Å². The van der Waals surface area contributed by atoms with E-state index in [0.717, 1.165) is 12.1 Å². The lowest BCUT2D eigenvalue weighted by molar-refractivity contribution is 0.0250. The summed E-state index contributed by atoms with van der Waals surface area (Å²) < 4.78 is 7.30. The van der Waals surface area contributed by atoms with E-state index in [4.69, 9.17) is 4.74 Å². The first-order chi connectivity index (χ1) is 10.2. The van der Waals surface area contributed by atoms with Gasteiger partial charge in [-0.15, -0.1) is 0 Å². The van der Waals surface area contributed by atoms with Gasteiger partial charge < -0.3 is 15.0 Å². The molecular weight excluding hydrogens is 280 g/mol. The first kappa shape index (κ1) is 18.5. The monoisotopic (exact) mass is 310 g/mol. The van der Waals surface area contributed by atoms with E-state index in [0.29, 0.717) is 19.6 Å². The molecule has 1 heterocycles. The molecule has 0 spiro atoms. The van der Waals surface area contributed by atoms with Gasteiger partial charge >= 0.3 is 6.09 Å². The summed E-state index contributed by atoms with van der Waals surface area (Å²) in [4.78, 5) is 13.9. The number of rotatable bonds is 7. The normalized spacial score (nSPS) is 13.0. The molecule has 1 rings (SSSR count). The number of hydrogen-bond acceptors (Lipinski definition) is 4. The van der Waals surface area contributed by atoms with Crippen LogP contribution in [0.4, 0.5) is 4.79 Å². The van der Waals surface area contributed by atoms with Crippen LogP contribution in [-0.2, 0) is 11.8 Å². The third kappa shape index (κ3) is 6.05. The zero-order valence-electron chi connectivity index (χ0n) is 14.7. The third-order valence-electron chi connectivity index (χ3n) is 3.28. The summed E-state index contributed by atoms with van der Waals surface area (Å²) in [5.41, 5.74) is 0.665. The van der Waals surface area contributed by atoms with E-state index in [1.165, 1.54) is 0 Å². The van der Waals surface area contributed by atoms with Crippen LogP contribution in [0.25, 0.3) is 0 Å². The van der Waals surface area contributed by atoms with Gasteiger partial charge in [0.25, 0.3) is 0 Å². The summed E-state index contributed by atoms with van der Waals surface area (Å²) in [6, 6.07) is 2.18. The van der Waals surface area contributed by atoms with Crippen molar-refractivity contribution in [2.45, 2.75) is 52.7 Å². The second kappa shape index (κ2) is 8.17. The molecule has 1 unspecified atom stereocenters. The fourth-order valence-corrected chi connectivity index (χ4v) is 2.22. The maximum absolute atomic E-state index is 12.2. The van der Waals surface area contributed by atoms with Crippen molar-refractivity contribution in [2.75, 3.05) is 19.6 Å². The average molecular weight is 310 g/mol. The van der Waals surface area contributed by atoms with Gasteiger partial charge in [-0.25, -0.2) is 4.79 Å². The summed E-state index contributed by atoms with van der Waals surface area (Å²) in [7, 11) is 1.93. The molecule has 0 aliphatic carbocycles. The van der Waals surface area contributed by atoms with Crippen LogP contribution in [0, 0.1) is 0 Å². The number of amides is 1. The Morgan fingerprint density at radius 1 is 1.45 bits per heavy atom. The SMILES string of the molecule is CCCN(CCNC(C)c1ccnn1C)C(=O)OC(C)(C)C. The van der Waals surface area contributed by atoms with Gasteiger partial charge in [0.1, 0.15) is 5.60 Å². The first-order valence-electron chi connectivity index (χ1n) is 7.93. The van der Waals surface area contributed by atoms with E-state index >= 15 is 0 Å². The van der Waals surface area contributed by atoms with E-state index in [9.17, 15) is 4.79 Å². The Morgan fingerprint density at radius 2 is 2.14 bits per heavy atom. The number of nitrogens with zero attached hydrogens (tertiary/aromatic N) is 3. The highest BCUT2D eigenvalue weighted by atomic mass is 16.6. The molecule has 0 radical (unpaired) electrons. The highest BCUT2D eigenvalue weighted by Crippen LogP contribution is 2.11. The van der Waals surface area contributed by atoms with Gasteiger partial charge in [0, 0.05) is 38.9 Å². The van der Waals surface area contributed by atoms with Crippen LogP contribution >= 0.6 is 0 Å². The first-order valence-corrected chi connectivity index (χ1v) is 7.93. The minimum Gasteiger partial charge on any atom is -0.444 e. The van der Waals surface area contributed by atoms with Gasteiger partial charge in [-0.3, -0.25) is 4.68 Å². The van der Waals surface area contributed by atoms with Crippen LogP contribution < -0.4 is 5.32 Å². The van der Waals surface area contributed by atoms with E-state index in [1.54, 1.807) is 11.1 Å². The molecular formula is C16H30N4O2. The van der Waals surface area contributed by atoms with Gasteiger partial charge in [0.15, 0.2) is 0 Å². The Morgan fingerprint density at radius 3 is 2.64 bits per heavy atom. The second-order valence-electron chi connectivity index (χ2n) is 6.52. The maximum atomic E-state index is 12.2. The molecule has 1 aromatic rings. The van der Waals surface area contributed by atoms with Gasteiger partial charge in [0.05, 0.1) is 5.69 Å². The molecule has 0 aliphatic rings. The Hall–Kier alpha value is -1.56. The van der Waals surface area contributed by atoms with Gasteiger partial charge in [-0.2, -0.15) is 5.10 Å². The maximum Gasteiger partial charge on any atom is 0.410 e. The van der Waals surface area contributed by atoms with Crippen molar-refractivity contribution in [3.05, 3.63) is 18.0 Å². The number of aryl methyl sites for hydroxylation is 1. The summed E-state index contributed by atoms with van der Waals surface area (Å²) in [6.07, 6.45) is 2.46. The zero-order chi connectivity index (χ0) is 16.8. The van der Waals surface area contributed by atoms with E-state index in [1.807, 2.05) is 38.6 Å². The molecule has 0 bridgehead atoms. The zero-order valence-corrected chi connectivity index (χ0v) is 14.7. The topological polar surface area (TPSA) is 59.4 Å². The molecule has 0 fully saturated rings. The predicted molar refractivity (Wildman–Crippen MR) is 87.7 cm³/mol. The second-order valence-corrected chi connectivity index (χ2v) is 6.52. The van der Waals surface area contributed by atoms with E-state index < -0.39 is 5.60 Å². The molecule has 0 aliphatic heterocycles. The molecule has 6 nitrogen and oxygen atoms in total. The number of ether oxygens (including phenoxy) is 1. The summed E-state index contributed by atoms with van der Waals surface area (Å²) in [6.45, 7) is 11.9. The number of nitrogens with one attached hydrogen (secondary N) is 1. The highest BCUT2D eigenvalue weighted by molar-refractivity contribution is 5.68. The molecule has 1 atom stereocenters. The van der Waals surface area contributed by atoms with Crippen molar-refractivity contribution in [2.24, 2.45) is 7.05 Å². The molecule has 0 saturated carbocycles. The Kier molecular flexibility index (Phi) is 6.87. The molecule has 22 heavy (non-hydrogen) atoms. The van der Waals surface area contributed by atoms with Crippen LogP contribution in [0.15, 0.2) is 12.3 Å². The van der Waals surface area contributed by atoms with Crippen molar-refractivity contribution < 1.29 is 9.53 Å². The van der Waals surface area contributed by atoms with Crippen LogP contribution in [0.3, 0.4) is 0 Å². The molecule has 126 valence electrons. The minimum atomic E-state index is -0.460. The highest BCUT2D eigenvalue weighted by Gasteiger charge is 2.21. The van der Waals surface area contributed by atoms with Crippen LogP contribution in [0.1, 0.15) is 52.8 Å². The average Bonchev–Trinajstić information content (AvgIpc) is 2.81. The Bertz CT molecular complexity index is 465. The molecule has 0 saturated heterocycles. The summed E-state index contributed by atoms with van der Waals surface area (Å²) in [5.74, 6) is 0. The molecule has 6 heteroatoms. The van der Waals surface area contributed by atoms with E-state index in [-0.39, 0.29) is 12.1 Å². The number of hydrogen-bond donors (Lipinski definition) is 1. The number of carbonyl (C=O) groups excluding carboxylic acids is 1. The smallest absolute Gasteiger partial charge is 0.410 e. The summed E-state index contributed by atoms with van der Waals surface area (Å²) >= 11 is 0. The predicted octanol–water partition coefficient (Wildman–Crippen LogP) is 2.72. The van der Waals surface area contributed by atoms with Gasteiger partial charge in [-0.05, 0) is 40.2 Å². The lowest BCUT2D eigenvalue weighted by Gasteiger charge is -2.27. The standard InChI is InChI=1S/C16H30N4O2/c1-7-11-20(15(21)22-16(3,4)5)12-10-17-13(2)14-8-9-18-19(14)6/h8-9,13,17H,7,10-12H2,1-6H3. The molecule has 1 amide bonds. The van der Waals surface area contributed by atoms with Crippen molar-refractivity contribution in [3.63, 3.8) is 0 Å². The quantitative estimate of drug-likeness (QED) is 0.841. The van der Waals surface area contributed by atoms with Crippen LogP contribution in [0.2, 0.25) is 0 Å². The van der Waals surface area contributed by atoms with Gasteiger partial charge in [0.2, 0.25) is 0 Å². The Balaban J connectivity index is 2.47. The summed E-state index contributed by atoms with van der Waals surface area (Å²) in [5, 5.41) is 7.59. The van der Waals surface area contributed by atoms with Gasteiger partial charge in [-0.1, -0.05) is 6.92 Å². The third-order valence-corrected chi connectivity index (χ3v) is 3.28. The largest absolute Gasteiger partial charge is 0.444 e. The Labute approximate surface area is 133 Å². The van der Waals surface area contributed by atoms with Crippen molar-refractivity contribution in [3.8, 4) is 0 Å². The fraction of sp³-hybridized carbons (Fsp3) is 0.750. The fourth-order valence-electron chi connectivity index (χ4n) is 2.22. The molecule has 0 aromatic carbocycles. The molecule has 1 N–H and O–H groups in total.